The zero-order valence-corrected chi connectivity index (χ0v) is 12.2. The van der Waals surface area contributed by atoms with E-state index < -0.39 is 0 Å². The van der Waals surface area contributed by atoms with E-state index in [4.69, 9.17) is 4.74 Å². The average molecular weight is 300 g/mol. The number of ether oxygens (including phenoxy) is 1. The van der Waals surface area contributed by atoms with Gasteiger partial charge >= 0.3 is 0 Å². The number of nitrogens with zero attached hydrogens (tertiary/aromatic N) is 2. The van der Waals surface area contributed by atoms with Gasteiger partial charge in [-0.25, -0.2) is 0 Å². The summed E-state index contributed by atoms with van der Waals surface area (Å²) in [6.07, 6.45) is 3.66. The van der Waals surface area contributed by atoms with E-state index >= 15 is 0 Å². The van der Waals surface area contributed by atoms with Crippen molar-refractivity contribution < 1.29 is 14.3 Å². The first-order valence-corrected chi connectivity index (χ1v) is 7.20. The third-order valence-electron chi connectivity index (χ3n) is 3.49. The summed E-state index contributed by atoms with van der Waals surface area (Å²) in [6.45, 7) is 2.35. The van der Waals surface area contributed by atoms with E-state index in [9.17, 15) is 9.59 Å². The van der Waals surface area contributed by atoms with Crippen molar-refractivity contribution in [1.29, 1.82) is 0 Å². The number of Topliss-reactive ketones (excluding diaryl/α,β-unsaturated/α-hetero) is 1. The Balaban J connectivity index is 1.77. The molecular formula is C15H16N4O3. The Bertz CT molecular complexity index is 706. The fraction of sp³-hybridized carbons (Fsp3) is 0.333. The normalized spacial score (nSPS) is 13.6. The Kier molecular flexibility index (Phi) is 3.86. The van der Waals surface area contributed by atoms with Crippen molar-refractivity contribution >= 4 is 17.5 Å². The number of anilines is 1. The SMILES string of the molecule is CCOc1ccc(NC(=O)c2c[nH]c3c2C(=O)CCC3)nn1. The molecule has 0 bridgehead atoms. The van der Waals surface area contributed by atoms with E-state index in [2.05, 4.69) is 20.5 Å². The summed E-state index contributed by atoms with van der Waals surface area (Å²) >= 11 is 0. The Morgan fingerprint density at radius 1 is 1.36 bits per heavy atom. The number of aromatic nitrogens is 3. The van der Waals surface area contributed by atoms with Gasteiger partial charge in [-0.1, -0.05) is 0 Å². The summed E-state index contributed by atoms with van der Waals surface area (Å²) in [7, 11) is 0. The van der Waals surface area contributed by atoms with Crippen molar-refractivity contribution in [3.8, 4) is 5.88 Å². The molecule has 0 aromatic carbocycles. The van der Waals surface area contributed by atoms with Gasteiger partial charge in [-0.05, 0) is 25.8 Å². The highest BCUT2D eigenvalue weighted by Crippen LogP contribution is 2.24. The van der Waals surface area contributed by atoms with Crippen molar-refractivity contribution in [2.24, 2.45) is 0 Å². The largest absolute Gasteiger partial charge is 0.477 e. The molecule has 1 aliphatic carbocycles. The lowest BCUT2D eigenvalue weighted by molar-refractivity contribution is 0.0956. The zero-order valence-electron chi connectivity index (χ0n) is 12.2. The molecule has 0 radical (unpaired) electrons. The number of ketones is 1. The van der Waals surface area contributed by atoms with Gasteiger partial charge in [0.05, 0.1) is 17.7 Å². The molecule has 2 N–H and O–H groups in total. The van der Waals surface area contributed by atoms with Crippen molar-refractivity contribution in [2.45, 2.75) is 26.2 Å². The van der Waals surface area contributed by atoms with Crippen LogP contribution in [0.2, 0.25) is 0 Å². The molecule has 2 heterocycles. The average Bonchev–Trinajstić information content (AvgIpc) is 2.95. The van der Waals surface area contributed by atoms with Crippen molar-refractivity contribution in [1.82, 2.24) is 15.2 Å². The maximum atomic E-state index is 12.3. The molecule has 0 fully saturated rings. The minimum atomic E-state index is -0.369. The molecule has 0 spiro atoms. The third kappa shape index (κ3) is 2.69. The molecular weight excluding hydrogens is 284 g/mol. The van der Waals surface area contributed by atoms with Crippen LogP contribution >= 0.6 is 0 Å². The molecule has 114 valence electrons. The highest BCUT2D eigenvalue weighted by Gasteiger charge is 2.26. The summed E-state index contributed by atoms with van der Waals surface area (Å²) in [5.74, 6) is 0.345. The van der Waals surface area contributed by atoms with Gasteiger partial charge in [-0.2, -0.15) is 0 Å². The number of amides is 1. The van der Waals surface area contributed by atoms with Crippen LogP contribution in [0.4, 0.5) is 5.82 Å². The van der Waals surface area contributed by atoms with Gasteiger partial charge < -0.3 is 15.0 Å². The number of nitrogens with one attached hydrogen (secondary N) is 2. The molecule has 3 rings (SSSR count). The van der Waals surface area contributed by atoms with E-state index in [-0.39, 0.29) is 11.7 Å². The maximum absolute atomic E-state index is 12.3. The Labute approximate surface area is 127 Å². The molecule has 0 saturated heterocycles. The fourth-order valence-electron chi connectivity index (χ4n) is 2.51. The van der Waals surface area contributed by atoms with E-state index in [1.807, 2.05) is 6.92 Å². The molecule has 1 aliphatic rings. The van der Waals surface area contributed by atoms with Gasteiger partial charge in [0.15, 0.2) is 11.6 Å². The van der Waals surface area contributed by atoms with Crippen LogP contribution in [0.3, 0.4) is 0 Å². The smallest absolute Gasteiger partial charge is 0.259 e. The first kappa shape index (κ1) is 14.2. The van der Waals surface area contributed by atoms with Gasteiger partial charge in [0.25, 0.3) is 5.91 Å². The summed E-state index contributed by atoms with van der Waals surface area (Å²) < 4.78 is 5.19. The summed E-state index contributed by atoms with van der Waals surface area (Å²) in [6, 6.07) is 3.24. The molecule has 7 heteroatoms. The quantitative estimate of drug-likeness (QED) is 0.899. The van der Waals surface area contributed by atoms with Gasteiger partial charge in [0, 0.05) is 24.4 Å². The number of H-pyrrole nitrogens is 1. The second-order valence-corrected chi connectivity index (χ2v) is 4.98. The van der Waals surface area contributed by atoms with Crippen LogP contribution in [0.5, 0.6) is 5.88 Å². The minimum Gasteiger partial charge on any atom is -0.477 e. The molecule has 0 aliphatic heterocycles. The van der Waals surface area contributed by atoms with E-state index in [1.165, 1.54) is 0 Å². The highest BCUT2D eigenvalue weighted by atomic mass is 16.5. The lowest BCUT2D eigenvalue weighted by Gasteiger charge is -2.11. The number of aryl methyl sites for hydroxylation is 1. The topological polar surface area (TPSA) is 97.0 Å². The lowest BCUT2D eigenvalue weighted by Crippen LogP contribution is -2.18. The number of fused-ring (bicyclic) bond motifs is 1. The predicted octanol–water partition coefficient (Wildman–Crippen LogP) is 1.97. The molecule has 2 aromatic rings. The minimum absolute atomic E-state index is 0.00503. The van der Waals surface area contributed by atoms with Crippen LogP contribution in [-0.4, -0.2) is 33.5 Å². The second kappa shape index (κ2) is 5.97. The number of rotatable bonds is 4. The zero-order chi connectivity index (χ0) is 15.5. The number of hydrogen-bond donors (Lipinski definition) is 2. The summed E-state index contributed by atoms with van der Waals surface area (Å²) in [5.41, 5.74) is 1.69. The van der Waals surface area contributed by atoms with Crippen molar-refractivity contribution in [2.75, 3.05) is 11.9 Å². The Hall–Kier alpha value is -2.70. The Morgan fingerprint density at radius 3 is 2.95 bits per heavy atom. The van der Waals surface area contributed by atoms with Gasteiger partial charge in [0.2, 0.25) is 5.88 Å². The molecule has 0 saturated carbocycles. The van der Waals surface area contributed by atoms with Gasteiger partial charge in [-0.15, -0.1) is 10.2 Å². The first-order valence-electron chi connectivity index (χ1n) is 7.20. The molecule has 1 amide bonds. The lowest BCUT2D eigenvalue weighted by atomic mass is 9.93. The number of carbonyl (C=O) groups is 2. The van der Waals surface area contributed by atoms with Crippen molar-refractivity contribution in [3.63, 3.8) is 0 Å². The van der Waals surface area contributed by atoms with Crippen LogP contribution < -0.4 is 10.1 Å². The fourth-order valence-corrected chi connectivity index (χ4v) is 2.51. The van der Waals surface area contributed by atoms with Crippen LogP contribution in [0.25, 0.3) is 0 Å². The highest BCUT2D eigenvalue weighted by molar-refractivity contribution is 6.13. The molecule has 2 aromatic heterocycles. The van der Waals surface area contributed by atoms with E-state index in [0.29, 0.717) is 35.9 Å². The van der Waals surface area contributed by atoms with Crippen LogP contribution in [-0.2, 0) is 6.42 Å². The first-order chi connectivity index (χ1) is 10.7. The number of carbonyl (C=O) groups excluding carboxylic acids is 2. The van der Waals surface area contributed by atoms with E-state index in [0.717, 1.165) is 18.5 Å². The van der Waals surface area contributed by atoms with Crippen LogP contribution in [0.15, 0.2) is 18.3 Å². The number of hydrogen-bond acceptors (Lipinski definition) is 5. The molecule has 0 unspecified atom stereocenters. The molecule has 7 nitrogen and oxygen atoms in total. The number of aromatic amines is 1. The maximum Gasteiger partial charge on any atom is 0.259 e. The molecule has 22 heavy (non-hydrogen) atoms. The summed E-state index contributed by atoms with van der Waals surface area (Å²) in [5, 5.41) is 10.4. The monoisotopic (exact) mass is 300 g/mol. The van der Waals surface area contributed by atoms with Crippen LogP contribution in [0.1, 0.15) is 46.2 Å². The van der Waals surface area contributed by atoms with Gasteiger partial charge in [-0.3, -0.25) is 9.59 Å². The Morgan fingerprint density at radius 2 is 2.23 bits per heavy atom. The van der Waals surface area contributed by atoms with Crippen molar-refractivity contribution in [3.05, 3.63) is 35.2 Å². The van der Waals surface area contributed by atoms with Crippen LogP contribution in [0, 0.1) is 0 Å². The standard InChI is InChI=1S/C15H16N4O3/c1-2-22-13-7-6-12(18-19-13)17-15(21)9-8-16-10-4-3-5-11(20)14(9)10/h6-8,16H,2-5H2,1H3,(H,17,18,21). The van der Waals surface area contributed by atoms with Gasteiger partial charge in [0.1, 0.15) is 0 Å². The molecule has 0 atom stereocenters. The van der Waals surface area contributed by atoms with E-state index in [1.54, 1.807) is 18.3 Å². The third-order valence-corrected chi connectivity index (χ3v) is 3.49. The summed E-state index contributed by atoms with van der Waals surface area (Å²) in [4.78, 5) is 27.3. The predicted molar refractivity (Wildman–Crippen MR) is 79.2 cm³/mol. The second-order valence-electron chi connectivity index (χ2n) is 4.98.